The summed E-state index contributed by atoms with van der Waals surface area (Å²) < 4.78 is 39.6. The number of hydrogen-bond acceptors (Lipinski definition) is 4. The van der Waals surface area contributed by atoms with Gasteiger partial charge in [-0.1, -0.05) is 49.1 Å². The number of aryl methyl sites for hydroxylation is 1. The molecule has 1 N–H and O–H groups in total. The van der Waals surface area contributed by atoms with Crippen molar-refractivity contribution >= 4 is 27.5 Å². The Hall–Kier alpha value is -2.94. The van der Waals surface area contributed by atoms with Gasteiger partial charge in [0, 0.05) is 12.6 Å². The van der Waals surface area contributed by atoms with Crippen LogP contribution in [0.15, 0.2) is 48.5 Å². The van der Waals surface area contributed by atoms with E-state index in [1.165, 1.54) is 17.0 Å². The van der Waals surface area contributed by atoms with Crippen molar-refractivity contribution in [3.05, 3.63) is 65.5 Å². The van der Waals surface area contributed by atoms with Gasteiger partial charge < -0.3 is 10.2 Å². The van der Waals surface area contributed by atoms with Crippen LogP contribution in [0.5, 0.6) is 0 Å². The third-order valence-corrected chi connectivity index (χ3v) is 7.53. The summed E-state index contributed by atoms with van der Waals surface area (Å²) in [5.41, 5.74) is 1.96. The summed E-state index contributed by atoms with van der Waals surface area (Å²) in [6.45, 7) is 3.11. The van der Waals surface area contributed by atoms with Gasteiger partial charge in [0.05, 0.1) is 11.9 Å². The minimum Gasteiger partial charge on any atom is -0.352 e. The minimum absolute atomic E-state index is 0.0455. The molecule has 7 nitrogen and oxygen atoms in total. The molecule has 0 aromatic heterocycles. The van der Waals surface area contributed by atoms with Gasteiger partial charge in [0.2, 0.25) is 21.8 Å². The first kappa shape index (κ1) is 26.7. The van der Waals surface area contributed by atoms with E-state index in [9.17, 15) is 22.4 Å². The number of carbonyl (C=O) groups is 2. The molecule has 0 spiro atoms. The Labute approximate surface area is 207 Å². The molecule has 0 saturated heterocycles. The second kappa shape index (κ2) is 11.7. The fourth-order valence-electron chi connectivity index (χ4n) is 4.26. The van der Waals surface area contributed by atoms with Gasteiger partial charge in [-0.05, 0) is 56.5 Å². The highest BCUT2D eigenvalue weighted by Gasteiger charge is 2.31. The average Bonchev–Trinajstić information content (AvgIpc) is 2.82. The van der Waals surface area contributed by atoms with E-state index in [0.717, 1.165) is 48.2 Å². The molecule has 1 aliphatic carbocycles. The largest absolute Gasteiger partial charge is 0.352 e. The van der Waals surface area contributed by atoms with Crippen LogP contribution in [0.4, 0.5) is 10.1 Å². The monoisotopic (exact) mass is 503 g/mol. The number of amides is 2. The molecule has 35 heavy (non-hydrogen) atoms. The summed E-state index contributed by atoms with van der Waals surface area (Å²) >= 11 is 0. The van der Waals surface area contributed by atoms with Crippen LogP contribution >= 0.6 is 0 Å². The fourth-order valence-corrected chi connectivity index (χ4v) is 5.11. The number of benzene rings is 2. The van der Waals surface area contributed by atoms with E-state index in [1.807, 2.05) is 6.92 Å². The minimum atomic E-state index is -3.77. The molecule has 0 bridgehead atoms. The fraction of sp³-hybridized carbons (Fsp3) is 0.462. The van der Waals surface area contributed by atoms with Crippen LogP contribution in [0.1, 0.15) is 50.2 Å². The molecule has 1 aliphatic rings. The van der Waals surface area contributed by atoms with Crippen molar-refractivity contribution in [3.63, 3.8) is 0 Å². The van der Waals surface area contributed by atoms with E-state index in [2.05, 4.69) is 5.32 Å². The van der Waals surface area contributed by atoms with Gasteiger partial charge in [0.1, 0.15) is 18.4 Å². The van der Waals surface area contributed by atoms with E-state index in [-0.39, 0.29) is 18.5 Å². The van der Waals surface area contributed by atoms with Crippen molar-refractivity contribution in [2.45, 2.75) is 64.6 Å². The smallest absolute Gasteiger partial charge is 0.244 e. The number of carbonyl (C=O) groups excluding carboxylic acids is 2. The molecule has 0 heterocycles. The molecular formula is C26H34FN3O4S. The Bertz CT molecular complexity index is 1110. The van der Waals surface area contributed by atoms with E-state index in [4.69, 9.17) is 0 Å². The van der Waals surface area contributed by atoms with Crippen molar-refractivity contribution in [2.24, 2.45) is 0 Å². The molecule has 3 rings (SSSR count). The van der Waals surface area contributed by atoms with Crippen molar-refractivity contribution in [1.82, 2.24) is 10.2 Å². The zero-order chi connectivity index (χ0) is 25.6. The number of hydrogen-bond donors (Lipinski definition) is 1. The second-order valence-corrected chi connectivity index (χ2v) is 11.2. The zero-order valence-electron chi connectivity index (χ0n) is 20.5. The lowest BCUT2D eigenvalue weighted by Crippen LogP contribution is -2.52. The van der Waals surface area contributed by atoms with Gasteiger partial charge in [-0.25, -0.2) is 12.8 Å². The topological polar surface area (TPSA) is 86.8 Å². The Balaban J connectivity index is 1.85. The lowest BCUT2D eigenvalue weighted by molar-refractivity contribution is -0.139. The number of rotatable bonds is 9. The normalized spacial score (nSPS) is 15.3. The quantitative estimate of drug-likeness (QED) is 0.565. The summed E-state index contributed by atoms with van der Waals surface area (Å²) in [7, 11) is -3.77. The SMILES string of the molecule is Cc1ccc(N(CC(=O)N(Cc2ccc(F)cc2)[C@@H](C)C(=O)NC2CCCCC2)S(C)(=O)=O)cc1. The first-order valence-electron chi connectivity index (χ1n) is 11.9. The van der Waals surface area contributed by atoms with Crippen LogP contribution in [0, 0.1) is 12.7 Å². The highest BCUT2D eigenvalue weighted by Crippen LogP contribution is 2.21. The van der Waals surface area contributed by atoms with Crippen molar-refractivity contribution in [3.8, 4) is 0 Å². The summed E-state index contributed by atoms with van der Waals surface area (Å²) in [5, 5.41) is 3.05. The molecule has 0 unspecified atom stereocenters. The number of nitrogens with zero attached hydrogens (tertiary/aromatic N) is 2. The van der Waals surface area contributed by atoms with Crippen molar-refractivity contribution < 1.29 is 22.4 Å². The predicted molar refractivity (Wildman–Crippen MR) is 135 cm³/mol. The Morgan fingerprint density at radius 3 is 2.20 bits per heavy atom. The van der Waals surface area contributed by atoms with Gasteiger partial charge in [-0.15, -0.1) is 0 Å². The van der Waals surface area contributed by atoms with Crippen molar-refractivity contribution in [2.75, 3.05) is 17.1 Å². The number of anilines is 1. The Morgan fingerprint density at radius 2 is 1.63 bits per heavy atom. The first-order chi connectivity index (χ1) is 16.5. The lowest BCUT2D eigenvalue weighted by Gasteiger charge is -2.33. The van der Waals surface area contributed by atoms with Crippen molar-refractivity contribution in [1.29, 1.82) is 0 Å². The van der Waals surface area contributed by atoms with E-state index in [0.29, 0.717) is 11.3 Å². The number of nitrogens with one attached hydrogen (secondary N) is 1. The molecule has 2 amide bonds. The molecular weight excluding hydrogens is 469 g/mol. The first-order valence-corrected chi connectivity index (χ1v) is 13.8. The van der Waals surface area contributed by atoms with E-state index in [1.54, 1.807) is 43.3 Å². The van der Waals surface area contributed by atoms with E-state index >= 15 is 0 Å². The third kappa shape index (κ3) is 7.52. The van der Waals surface area contributed by atoms with Crippen LogP contribution in [-0.2, 0) is 26.2 Å². The molecule has 9 heteroatoms. The molecule has 190 valence electrons. The second-order valence-electron chi connectivity index (χ2n) is 9.27. The maximum Gasteiger partial charge on any atom is 0.244 e. The Morgan fingerprint density at radius 1 is 1.03 bits per heavy atom. The molecule has 2 aromatic carbocycles. The van der Waals surface area contributed by atoms with Gasteiger partial charge in [0.25, 0.3) is 0 Å². The maximum atomic E-state index is 13.5. The van der Waals surface area contributed by atoms with Gasteiger partial charge in [0.15, 0.2) is 0 Å². The third-order valence-electron chi connectivity index (χ3n) is 6.39. The zero-order valence-corrected chi connectivity index (χ0v) is 21.4. The van der Waals surface area contributed by atoms with Crippen LogP contribution in [0.25, 0.3) is 0 Å². The van der Waals surface area contributed by atoms with Gasteiger partial charge >= 0.3 is 0 Å². The molecule has 2 aromatic rings. The average molecular weight is 504 g/mol. The molecule has 0 radical (unpaired) electrons. The maximum absolute atomic E-state index is 13.5. The molecule has 1 fully saturated rings. The molecule has 0 aliphatic heterocycles. The number of halogens is 1. The molecule has 1 atom stereocenters. The van der Waals surface area contributed by atoms with Crippen LogP contribution in [0.3, 0.4) is 0 Å². The highest BCUT2D eigenvalue weighted by molar-refractivity contribution is 7.92. The van der Waals surface area contributed by atoms with Gasteiger partial charge in [-0.2, -0.15) is 0 Å². The summed E-state index contributed by atoms with van der Waals surface area (Å²) in [6, 6.07) is 11.8. The summed E-state index contributed by atoms with van der Waals surface area (Å²) in [5.74, 6) is -1.21. The van der Waals surface area contributed by atoms with Gasteiger partial charge in [-0.3, -0.25) is 13.9 Å². The molecule has 1 saturated carbocycles. The Kier molecular flexibility index (Phi) is 8.88. The standard InChI is InChI=1S/C26H34FN3O4S/c1-19-9-15-24(16-10-19)30(35(3,33)34)18-25(31)29(17-21-11-13-22(27)14-12-21)20(2)26(32)28-23-7-5-4-6-8-23/h9-16,20,23H,4-8,17-18H2,1-3H3,(H,28,32)/t20-/m0/s1. The summed E-state index contributed by atoms with van der Waals surface area (Å²) in [4.78, 5) is 28.0. The number of sulfonamides is 1. The van der Waals surface area contributed by atoms with Crippen LogP contribution < -0.4 is 9.62 Å². The summed E-state index contributed by atoms with van der Waals surface area (Å²) in [6.07, 6.45) is 6.11. The van der Waals surface area contributed by atoms with E-state index < -0.39 is 34.3 Å². The highest BCUT2D eigenvalue weighted by atomic mass is 32.2. The van der Waals surface area contributed by atoms with Crippen LogP contribution in [-0.4, -0.2) is 50.0 Å². The van der Waals surface area contributed by atoms with Crippen LogP contribution in [0.2, 0.25) is 0 Å². The lowest BCUT2D eigenvalue weighted by atomic mass is 9.95. The predicted octanol–water partition coefficient (Wildman–Crippen LogP) is 3.77.